The number of benzene rings is 2. The van der Waals surface area contributed by atoms with E-state index in [2.05, 4.69) is 10.3 Å². The molecule has 3 aromatic rings. The summed E-state index contributed by atoms with van der Waals surface area (Å²) in [6.07, 6.45) is 0. The van der Waals surface area contributed by atoms with Crippen molar-refractivity contribution in [2.45, 2.75) is 6.54 Å². The summed E-state index contributed by atoms with van der Waals surface area (Å²) in [6, 6.07) is 13.4. The largest absolute Gasteiger partial charge is 0.307 e. The van der Waals surface area contributed by atoms with Gasteiger partial charge in [0.15, 0.2) is 0 Å². The van der Waals surface area contributed by atoms with Gasteiger partial charge in [0.2, 0.25) is 0 Å². The van der Waals surface area contributed by atoms with Crippen LogP contribution in [-0.4, -0.2) is 15.0 Å². The van der Waals surface area contributed by atoms with Gasteiger partial charge in [-0.05, 0) is 42.0 Å². The lowest BCUT2D eigenvalue weighted by molar-refractivity contribution is 0.736. The summed E-state index contributed by atoms with van der Waals surface area (Å²) in [5, 5.41) is 10.4. The normalized spacial score (nSPS) is 10.4. The van der Waals surface area contributed by atoms with E-state index in [4.69, 9.17) is 17.4 Å². The van der Waals surface area contributed by atoms with Crippen molar-refractivity contribution in [2.24, 2.45) is 12.9 Å². The minimum atomic E-state index is 0. The fourth-order valence-corrected chi connectivity index (χ4v) is 2.22. The topological polar surface area (TPSA) is 60.0 Å². The molecule has 0 amide bonds. The first-order valence-electron chi connectivity index (χ1n) is 6.19. The number of aromatic nitrogens is 3. The van der Waals surface area contributed by atoms with E-state index in [0.717, 1.165) is 22.3 Å². The molecular formula is C14H15Cl2N5. The highest BCUT2D eigenvalue weighted by molar-refractivity contribution is 6.30. The van der Waals surface area contributed by atoms with Gasteiger partial charge in [0.1, 0.15) is 5.52 Å². The molecule has 110 valence electrons. The predicted octanol–water partition coefficient (Wildman–Crippen LogP) is 2.92. The second-order valence-electron chi connectivity index (χ2n) is 4.64. The summed E-state index contributed by atoms with van der Waals surface area (Å²) < 4.78 is 1.75. The molecule has 0 saturated carbocycles. The van der Waals surface area contributed by atoms with E-state index < -0.39 is 0 Å². The van der Waals surface area contributed by atoms with Gasteiger partial charge in [0.05, 0.1) is 17.7 Å². The number of fused-ring (bicyclic) bond motifs is 1. The van der Waals surface area contributed by atoms with Crippen molar-refractivity contribution >= 4 is 40.7 Å². The average molecular weight is 324 g/mol. The van der Waals surface area contributed by atoms with Crippen LogP contribution in [0.2, 0.25) is 5.02 Å². The monoisotopic (exact) mass is 323 g/mol. The Morgan fingerprint density at radius 3 is 2.62 bits per heavy atom. The lowest BCUT2D eigenvalue weighted by Gasteiger charge is -2.18. The minimum Gasteiger partial charge on any atom is -0.307 e. The summed E-state index contributed by atoms with van der Waals surface area (Å²) in [7, 11) is 1.87. The van der Waals surface area contributed by atoms with Crippen LogP contribution in [0.25, 0.3) is 11.0 Å². The highest BCUT2D eigenvalue weighted by Gasteiger charge is 2.06. The van der Waals surface area contributed by atoms with Crippen LogP contribution in [0.3, 0.4) is 0 Å². The maximum Gasteiger partial charge on any atom is 0.113 e. The first kappa shape index (κ1) is 15.6. The number of nitrogens with two attached hydrogens (primary N) is 1. The minimum absolute atomic E-state index is 0. The molecule has 2 aromatic carbocycles. The maximum atomic E-state index is 6.09. The molecule has 0 unspecified atom stereocenters. The summed E-state index contributed by atoms with van der Waals surface area (Å²) in [4.78, 5) is 0. The maximum absolute atomic E-state index is 6.09. The average Bonchev–Trinajstić information content (AvgIpc) is 2.81. The Labute approximate surface area is 133 Å². The number of hydrogen-bond donors (Lipinski definition) is 1. The second kappa shape index (κ2) is 6.30. The van der Waals surface area contributed by atoms with Crippen LogP contribution in [0, 0.1) is 0 Å². The van der Waals surface area contributed by atoms with E-state index in [1.165, 1.54) is 0 Å². The Morgan fingerprint density at radius 1 is 1.19 bits per heavy atom. The van der Waals surface area contributed by atoms with Gasteiger partial charge in [-0.2, -0.15) is 0 Å². The van der Waals surface area contributed by atoms with Crippen LogP contribution in [0.1, 0.15) is 5.56 Å². The molecule has 3 rings (SSSR count). The zero-order chi connectivity index (χ0) is 14.1. The van der Waals surface area contributed by atoms with E-state index in [9.17, 15) is 0 Å². The highest BCUT2D eigenvalue weighted by atomic mass is 35.5. The van der Waals surface area contributed by atoms with Crippen molar-refractivity contribution in [3.05, 3.63) is 53.1 Å². The summed E-state index contributed by atoms with van der Waals surface area (Å²) in [6.45, 7) is 0.600. The molecule has 0 radical (unpaired) electrons. The molecule has 0 aliphatic heterocycles. The van der Waals surface area contributed by atoms with Crippen LogP contribution in [-0.2, 0) is 13.6 Å². The molecule has 1 aromatic heterocycles. The van der Waals surface area contributed by atoms with E-state index >= 15 is 0 Å². The number of nitrogens with zero attached hydrogens (tertiary/aromatic N) is 4. The lowest BCUT2D eigenvalue weighted by Crippen LogP contribution is -2.29. The smallest absolute Gasteiger partial charge is 0.113 e. The van der Waals surface area contributed by atoms with E-state index in [1.807, 2.05) is 49.5 Å². The molecule has 1 heterocycles. The highest BCUT2D eigenvalue weighted by Crippen LogP contribution is 2.19. The van der Waals surface area contributed by atoms with Crippen molar-refractivity contribution in [3.8, 4) is 0 Å². The molecule has 0 saturated heterocycles. The Balaban J connectivity index is 0.00000161. The first-order valence-corrected chi connectivity index (χ1v) is 6.57. The third-order valence-corrected chi connectivity index (χ3v) is 3.44. The molecule has 0 bridgehead atoms. The molecular weight excluding hydrogens is 309 g/mol. The van der Waals surface area contributed by atoms with Gasteiger partial charge in [-0.1, -0.05) is 22.9 Å². The van der Waals surface area contributed by atoms with Gasteiger partial charge in [0.25, 0.3) is 0 Å². The fourth-order valence-electron chi connectivity index (χ4n) is 2.10. The first-order chi connectivity index (χ1) is 9.63. The van der Waals surface area contributed by atoms with Crippen molar-refractivity contribution in [3.63, 3.8) is 0 Å². The summed E-state index contributed by atoms with van der Waals surface area (Å²) >= 11 is 5.87. The van der Waals surface area contributed by atoms with Gasteiger partial charge >= 0.3 is 0 Å². The number of hydrogen-bond acceptors (Lipinski definition) is 4. The Bertz CT molecular complexity index is 739. The Kier molecular flexibility index (Phi) is 4.67. The molecule has 5 nitrogen and oxygen atoms in total. The third kappa shape index (κ3) is 3.26. The molecule has 0 fully saturated rings. The van der Waals surface area contributed by atoms with Gasteiger partial charge in [-0.25, -0.2) is 10.5 Å². The zero-order valence-electron chi connectivity index (χ0n) is 11.4. The van der Waals surface area contributed by atoms with Gasteiger partial charge in [-0.3, -0.25) is 0 Å². The zero-order valence-corrected chi connectivity index (χ0v) is 13.0. The molecule has 0 aliphatic rings. The van der Waals surface area contributed by atoms with Crippen LogP contribution in [0.4, 0.5) is 5.69 Å². The van der Waals surface area contributed by atoms with E-state index in [1.54, 1.807) is 9.69 Å². The molecule has 0 atom stereocenters. The van der Waals surface area contributed by atoms with Crippen LogP contribution < -0.4 is 10.9 Å². The molecule has 21 heavy (non-hydrogen) atoms. The summed E-state index contributed by atoms with van der Waals surface area (Å²) in [5.41, 5.74) is 3.89. The standard InChI is InChI=1S/C14H14ClN5.ClH/c1-19-14-8-10(2-7-13(14)17-18-19)9-20(16)12-5-3-11(15)4-6-12;/h2-8H,9,16H2,1H3;1H. The number of aryl methyl sites for hydroxylation is 1. The van der Waals surface area contributed by atoms with Crippen molar-refractivity contribution < 1.29 is 0 Å². The summed E-state index contributed by atoms with van der Waals surface area (Å²) in [5.74, 6) is 6.09. The number of rotatable bonds is 3. The van der Waals surface area contributed by atoms with Gasteiger partial charge < -0.3 is 5.01 Å². The van der Waals surface area contributed by atoms with Gasteiger partial charge in [0, 0.05) is 12.1 Å². The van der Waals surface area contributed by atoms with Crippen LogP contribution in [0.15, 0.2) is 42.5 Å². The number of halogens is 2. The number of anilines is 1. The lowest BCUT2D eigenvalue weighted by atomic mass is 10.2. The molecule has 7 heteroatoms. The van der Waals surface area contributed by atoms with Crippen LogP contribution >= 0.6 is 24.0 Å². The van der Waals surface area contributed by atoms with Crippen molar-refractivity contribution in [1.29, 1.82) is 0 Å². The van der Waals surface area contributed by atoms with Gasteiger partial charge in [-0.15, -0.1) is 17.5 Å². The predicted molar refractivity (Wildman–Crippen MR) is 87.6 cm³/mol. The molecule has 0 aliphatic carbocycles. The Hall–Kier alpha value is -1.82. The van der Waals surface area contributed by atoms with Crippen molar-refractivity contribution in [2.75, 3.05) is 5.01 Å². The quantitative estimate of drug-likeness (QED) is 0.594. The molecule has 2 N–H and O–H groups in total. The fraction of sp³-hybridized carbons (Fsp3) is 0.143. The van der Waals surface area contributed by atoms with Crippen LogP contribution in [0.5, 0.6) is 0 Å². The SMILES string of the molecule is Cl.Cn1nnc2ccc(CN(N)c3ccc(Cl)cc3)cc21. The van der Waals surface area contributed by atoms with Crippen molar-refractivity contribution in [1.82, 2.24) is 15.0 Å². The number of hydrazine groups is 1. The van der Waals surface area contributed by atoms with E-state index in [-0.39, 0.29) is 12.4 Å². The Morgan fingerprint density at radius 2 is 1.90 bits per heavy atom. The molecule has 0 spiro atoms. The second-order valence-corrected chi connectivity index (χ2v) is 5.08. The van der Waals surface area contributed by atoms with E-state index in [0.29, 0.717) is 11.6 Å². The third-order valence-electron chi connectivity index (χ3n) is 3.19.